The zero-order valence-electron chi connectivity index (χ0n) is 18.5. The number of hydrazine groups is 1. The number of carbonyl (C=O) groups excluding carboxylic acids is 2. The van der Waals surface area contributed by atoms with Gasteiger partial charge in [-0.25, -0.2) is 15.6 Å². The molecule has 1 saturated carbocycles. The van der Waals surface area contributed by atoms with Crippen LogP contribution in [0.2, 0.25) is 0 Å². The number of ether oxygens (including phenoxy) is 1. The summed E-state index contributed by atoms with van der Waals surface area (Å²) in [6, 6.07) is 3.61. The summed E-state index contributed by atoms with van der Waals surface area (Å²) in [5.74, 6) is 11.1. The van der Waals surface area contributed by atoms with Gasteiger partial charge in [0.25, 0.3) is 0 Å². The van der Waals surface area contributed by atoms with Crippen molar-refractivity contribution in [2.24, 2.45) is 22.2 Å². The molecule has 0 atom stereocenters. The number of nitrogens with zero attached hydrogens (tertiary/aromatic N) is 5. The highest BCUT2D eigenvalue weighted by molar-refractivity contribution is 5.94. The molecule has 11 nitrogen and oxygen atoms in total. The van der Waals surface area contributed by atoms with Crippen molar-refractivity contribution in [2.75, 3.05) is 18.2 Å². The summed E-state index contributed by atoms with van der Waals surface area (Å²) in [5.41, 5.74) is 1.66. The second-order valence-corrected chi connectivity index (χ2v) is 9.10. The highest BCUT2D eigenvalue weighted by Crippen LogP contribution is 2.48. The molecule has 1 spiro atoms. The van der Waals surface area contributed by atoms with E-state index in [1.165, 1.54) is 11.3 Å². The van der Waals surface area contributed by atoms with Gasteiger partial charge in [-0.15, -0.1) is 5.10 Å². The molecule has 4 rings (SSSR count). The Morgan fingerprint density at radius 3 is 2.59 bits per heavy atom. The number of hydrogen-bond acceptors (Lipinski definition) is 9. The molecule has 3 aliphatic rings. The van der Waals surface area contributed by atoms with E-state index in [-0.39, 0.29) is 29.4 Å². The maximum Gasteiger partial charge on any atom is 0.336 e. The first-order valence-corrected chi connectivity index (χ1v) is 10.8. The lowest BCUT2D eigenvalue weighted by atomic mass is 9.67. The third kappa shape index (κ3) is 4.05. The van der Waals surface area contributed by atoms with Crippen molar-refractivity contribution in [3.05, 3.63) is 29.1 Å². The van der Waals surface area contributed by atoms with E-state index in [0.29, 0.717) is 24.5 Å². The summed E-state index contributed by atoms with van der Waals surface area (Å²) < 4.78 is 5.10. The van der Waals surface area contributed by atoms with Gasteiger partial charge in [0.15, 0.2) is 5.82 Å². The van der Waals surface area contributed by atoms with E-state index in [9.17, 15) is 9.59 Å². The number of anilines is 1. The number of nitrogens with one attached hydrogen (secondary N) is 1. The zero-order chi connectivity index (χ0) is 22.9. The Balaban J connectivity index is 1.34. The Morgan fingerprint density at radius 1 is 1.25 bits per heavy atom. The van der Waals surface area contributed by atoms with E-state index in [1.807, 2.05) is 6.07 Å². The lowest BCUT2D eigenvalue weighted by molar-refractivity contribution is -0.138. The third-order valence-corrected chi connectivity index (χ3v) is 7.09. The van der Waals surface area contributed by atoms with E-state index < -0.39 is 0 Å². The molecule has 0 unspecified atom stereocenters. The number of hydrazone groups is 1. The zero-order valence-corrected chi connectivity index (χ0v) is 18.5. The lowest BCUT2D eigenvalue weighted by Gasteiger charge is -2.42. The molecule has 1 aromatic rings. The maximum atomic E-state index is 13.3. The number of cyclic esters (lactones) is 1. The van der Waals surface area contributed by atoms with Crippen LogP contribution in [0.15, 0.2) is 28.5 Å². The Kier molecular flexibility index (Phi) is 5.87. The number of nitrogens with two attached hydrogens (primary N) is 2. The number of hydrogen-bond donors (Lipinski definition) is 3. The summed E-state index contributed by atoms with van der Waals surface area (Å²) in [6.07, 6.45) is 5.48. The highest BCUT2D eigenvalue weighted by atomic mass is 16.5. The lowest BCUT2D eigenvalue weighted by Crippen LogP contribution is -2.49. The van der Waals surface area contributed by atoms with Crippen LogP contribution >= 0.6 is 0 Å². The summed E-state index contributed by atoms with van der Waals surface area (Å²) >= 11 is 0. The molecule has 1 saturated heterocycles. The molecule has 32 heavy (non-hydrogen) atoms. The van der Waals surface area contributed by atoms with Gasteiger partial charge in [0.2, 0.25) is 5.91 Å². The number of aromatic nitrogens is 2. The van der Waals surface area contributed by atoms with Crippen LogP contribution in [0.5, 0.6) is 0 Å². The number of esters is 1. The molecule has 1 aromatic heterocycles. The van der Waals surface area contributed by atoms with E-state index >= 15 is 0 Å². The van der Waals surface area contributed by atoms with Crippen molar-refractivity contribution in [3.8, 4) is 0 Å². The van der Waals surface area contributed by atoms with Crippen LogP contribution in [0.1, 0.15) is 51.6 Å². The number of carbonyl (C=O) groups is 2. The monoisotopic (exact) mass is 442 g/mol. The third-order valence-electron chi connectivity index (χ3n) is 7.09. The number of rotatable bonds is 6. The number of likely N-dealkylation sites (tertiary alicyclic amines) is 1. The first-order chi connectivity index (χ1) is 15.3. The van der Waals surface area contributed by atoms with Gasteiger partial charge in [-0.3, -0.25) is 4.79 Å². The van der Waals surface area contributed by atoms with Crippen molar-refractivity contribution in [2.45, 2.75) is 58.0 Å². The van der Waals surface area contributed by atoms with Gasteiger partial charge in [0, 0.05) is 18.6 Å². The maximum absolute atomic E-state index is 13.3. The van der Waals surface area contributed by atoms with Gasteiger partial charge < -0.3 is 20.8 Å². The van der Waals surface area contributed by atoms with Crippen LogP contribution in [0.3, 0.4) is 0 Å². The molecule has 0 radical (unpaired) electrons. The molecule has 0 aromatic carbocycles. The predicted octanol–water partition coefficient (Wildman–Crippen LogP) is 0.531. The molecule has 172 valence electrons. The van der Waals surface area contributed by atoms with Crippen LogP contribution in [0.25, 0.3) is 0 Å². The molecule has 1 amide bonds. The van der Waals surface area contributed by atoms with E-state index in [4.69, 9.17) is 16.4 Å². The Labute approximate surface area is 186 Å². The minimum atomic E-state index is -0.337. The van der Waals surface area contributed by atoms with Gasteiger partial charge >= 0.3 is 5.97 Å². The molecular weight excluding hydrogens is 412 g/mol. The summed E-state index contributed by atoms with van der Waals surface area (Å²) in [5, 5.41) is 16.4. The minimum absolute atomic E-state index is 0.0902. The highest BCUT2D eigenvalue weighted by Gasteiger charge is 2.52. The molecule has 1 aliphatic carbocycles. The van der Waals surface area contributed by atoms with Crippen molar-refractivity contribution in [1.82, 2.24) is 20.4 Å². The largest absolute Gasteiger partial charge is 0.456 e. The molecule has 11 heteroatoms. The molecule has 5 N–H and O–H groups in total. The summed E-state index contributed by atoms with van der Waals surface area (Å²) in [7, 11) is 0. The summed E-state index contributed by atoms with van der Waals surface area (Å²) in [6.45, 7) is 5.34. The summed E-state index contributed by atoms with van der Waals surface area (Å²) in [4.78, 5) is 26.8. The second-order valence-electron chi connectivity index (χ2n) is 9.10. The topological polar surface area (TPSA) is 152 Å². The van der Waals surface area contributed by atoms with Crippen molar-refractivity contribution >= 4 is 24.0 Å². The van der Waals surface area contributed by atoms with Crippen molar-refractivity contribution < 1.29 is 14.3 Å². The first kappa shape index (κ1) is 22.2. The van der Waals surface area contributed by atoms with Crippen molar-refractivity contribution in [3.63, 3.8) is 0 Å². The van der Waals surface area contributed by atoms with Gasteiger partial charge in [-0.05, 0) is 58.1 Å². The van der Waals surface area contributed by atoms with Gasteiger partial charge in [0.05, 0.1) is 22.4 Å². The van der Waals surface area contributed by atoms with Crippen LogP contribution in [0, 0.1) is 5.41 Å². The standard InChI is InChI=1S/C21H30N8O3/c1-14-16(12-32-18(14)30)28-10-9-21(19(28)31)7-5-20(2,6-8-21)24-11-15-3-4-17(27-26-15)29(23)13-25-22/h3-4,13,24H,5-12,22-23H2,1-2H3/b25-13-/t20-,21+. The average molecular weight is 443 g/mol. The molecule has 2 aliphatic heterocycles. The van der Waals surface area contributed by atoms with Crippen LogP contribution in [-0.4, -0.2) is 52.0 Å². The average Bonchev–Trinajstić information content (AvgIpc) is 3.29. The Hall–Kier alpha value is -3.05. The quantitative estimate of drug-likeness (QED) is 0.188. The van der Waals surface area contributed by atoms with E-state index in [2.05, 4.69) is 27.5 Å². The normalized spacial score (nSPS) is 28.3. The Bertz CT molecular complexity index is 950. The fraction of sp³-hybridized carbons (Fsp3) is 0.571. The Morgan fingerprint density at radius 2 is 2.00 bits per heavy atom. The van der Waals surface area contributed by atoms with Gasteiger partial charge in [0.1, 0.15) is 12.9 Å². The molecule has 3 heterocycles. The second kappa shape index (κ2) is 8.47. The smallest absolute Gasteiger partial charge is 0.336 e. The fourth-order valence-electron chi connectivity index (χ4n) is 4.77. The van der Waals surface area contributed by atoms with Crippen LogP contribution in [-0.2, 0) is 20.9 Å². The van der Waals surface area contributed by atoms with E-state index in [1.54, 1.807) is 17.9 Å². The van der Waals surface area contributed by atoms with Crippen molar-refractivity contribution in [1.29, 1.82) is 0 Å². The molecular formula is C21H30N8O3. The number of amides is 1. The fourth-order valence-corrected chi connectivity index (χ4v) is 4.77. The predicted molar refractivity (Wildman–Crippen MR) is 118 cm³/mol. The van der Waals surface area contributed by atoms with E-state index in [0.717, 1.165) is 43.5 Å². The van der Waals surface area contributed by atoms with Gasteiger partial charge in [-0.2, -0.15) is 10.2 Å². The molecule has 2 fully saturated rings. The van der Waals surface area contributed by atoms with Crippen LogP contribution < -0.4 is 22.0 Å². The van der Waals surface area contributed by atoms with Crippen LogP contribution in [0.4, 0.5) is 5.82 Å². The minimum Gasteiger partial charge on any atom is -0.456 e. The SMILES string of the molecule is CC1=C(N2CC[C@]3(CC[C@](C)(NCc4ccc(N(N)/C=N\N)nn4)CC3)C2=O)COC1=O. The first-order valence-electron chi connectivity index (χ1n) is 10.8. The molecule has 0 bridgehead atoms. The van der Waals surface area contributed by atoms with Gasteiger partial charge in [-0.1, -0.05) is 0 Å².